The van der Waals surface area contributed by atoms with Gasteiger partial charge < -0.3 is 10.6 Å². The van der Waals surface area contributed by atoms with Crippen LogP contribution in [0.4, 0.5) is 5.69 Å². The first-order chi connectivity index (χ1) is 9.56. The van der Waals surface area contributed by atoms with Gasteiger partial charge in [-0.25, -0.2) is 0 Å². The normalized spacial score (nSPS) is 12.6. The van der Waals surface area contributed by atoms with Gasteiger partial charge in [0, 0.05) is 23.2 Å². The lowest BCUT2D eigenvalue weighted by molar-refractivity contribution is 0.0747. The van der Waals surface area contributed by atoms with Crippen LogP contribution in [-0.4, -0.2) is 35.9 Å². The lowest BCUT2D eigenvalue weighted by Gasteiger charge is -2.24. The number of carbonyl (C=O) groups excluding carboxylic acids is 1. The third-order valence-electron chi connectivity index (χ3n) is 3.55. The van der Waals surface area contributed by atoms with Crippen LogP contribution in [0.25, 0.3) is 10.1 Å². The van der Waals surface area contributed by atoms with Crippen LogP contribution in [0.2, 0.25) is 0 Å². The number of hydrogen-bond donors (Lipinski definition) is 1. The van der Waals surface area contributed by atoms with Gasteiger partial charge in [0.25, 0.3) is 5.91 Å². The van der Waals surface area contributed by atoms with Gasteiger partial charge in [-0.1, -0.05) is 18.2 Å². The largest absolute Gasteiger partial charge is 0.397 e. The molecule has 5 heteroatoms. The van der Waals surface area contributed by atoms with Crippen LogP contribution in [-0.2, 0) is 0 Å². The van der Waals surface area contributed by atoms with E-state index in [-0.39, 0.29) is 11.9 Å². The SMILES string of the molecule is CSCCC(C)N(C)C(=O)c1sc2ccccc2c1N. The Labute approximate surface area is 128 Å². The summed E-state index contributed by atoms with van der Waals surface area (Å²) in [5.41, 5.74) is 6.75. The van der Waals surface area contributed by atoms with Crippen molar-refractivity contribution in [1.29, 1.82) is 0 Å². The van der Waals surface area contributed by atoms with Gasteiger partial charge in [-0.2, -0.15) is 11.8 Å². The van der Waals surface area contributed by atoms with Gasteiger partial charge in [0.2, 0.25) is 0 Å². The molecule has 20 heavy (non-hydrogen) atoms. The highest BCUT2D eigenvalue weighted by Crippen LogP contribution is 2.34. The summed E-state index contributed by atoms with van der Waals surface area (Å²) in [6, 6.07) is 8.11. The summed E-state index contributed by atoms with van der Waals surface area (Å²) in [6.45, 7) is 2.08. The number of anilines is 1. The van der Waals surface area contributed by atoms with Gasteiger partial charge in [-0.15, -0.1) is 11.3 Å². The van der Waals surface area contributed by atoms with E-state index in [4.69, 9.17) is 5.73 Å². The first-order valence-electron chi connectivity index (χ1n) is 6.59. The molecular weight excluding hydrogens is 288 g/mol. The average Bonchev–Trinajstić information content (AvgIpc) is 2.81. The standard InChI is InChI=1S/C15H20N2OS2/c1-10(8-9-19-3)17(2)15(18)14-13(16)11-6-4-5-7-12(11)20-14/h4-7,10H,8-9,16H2,1-3H3. The number of thiophene rings is 1. The number of hydrogen-bond acceptors (Lipinski definition) is 4. The number of thioether (sulfide) groups is 1. The summed E-state index contributed by atoms with van der Waals surface area (Å²) in [5, 5.41) is 0.978. The first-order valence-corrected chi connectivity index (χ1v) is 8.80. The van der Waals surface area contributed by atoms with E-state index >= 15 is 0 Å². The van der Waals surface area contributed by atoms with E-state index in [1.54, 1.807) is 16.7 Å². The summed E-state index contributed by atoms with van der Waals surface area (Å²) < 4.78 is 1.07. The highest BCUT2D eigenvalue weighted by atomic mass is 32.2. The molecule has 1 aromatic heterocycles. The minimum absolute atomic E-state index is 0.0253. The Balaban J connectivity index is 2.24. The highest BCUT2D eigenvalue weighted by molar-refractivity contribution is 7.98. The van der Waals surface area contributed by atoms with E-state index in [1.165, 1.54) is 11.3 Å². The molecule has 1 atom stereocenters. The predicted molar refractivity (Wildman–Crippen MR) is 90.8 cm³/mol. The molecule has 1 aromatic carbocycles. The summed E-state index contributed by atoms with van der Waals surface area (Å²) in [5.74, 6) is 1.08. The molecule has 0 aliphatic heterocycles. The zero-order chi connectivity index (χ0) is 14.7. The zero-order valence-corrected chi connectivity index (χ0v) is 13.7. The summed E-state index contributed by atoms with van der Waals surface area (Å²) in [7, 11) is 1.86. The molecule has 2 rings (SSSR count). The molecule has 1 unspecified atom stereocenters. The minimum Gasteiger partial charge on any atom is -0.397 e. The van der Waals surface area contributed by atoms with Crippen LogP contribution in [0.5, 0.6) is 0 Å². The number of carbonyl (C=O) groups is 1. The number of nitrogens with zero attached hydrogens (tertiary/aromatic N) is 1. The number of nitrogen functional groups attached to an aromatic ring is 1. The van der Waals surface area contributed by atoms with E-state index in [0.717, 1.165) is 22.3 Å². The number of benzene rings is 1. The second-order valence-electron chi connectivity index (χ2n) is 4.89. The van der Waals surface area contributed by atoms with Crippen molar-refractivity contribution < 1.29 is 4.79 Å². The zero-order valence-electron chi connectivity index (χ0n) is 12.1. The Hall–Kier alpha value is -1.20. The Morgan fingerprint density at radius 3 is 2.80 bits per heavy atom. The molecule has 108 valence electrons. The lowest BCUT2D eigenvalue weighted by atomic mass is 10.2. The fourth-order valence-corrected chi connectivity index (χ4v) is 3.75. The fourth-order valence-electron chi connectivity index (χ4n) is 2.07. The van der Waals surface area contributed by atoms with E-state index in [1.807, 2.05) is 31.3 Å². The Morgan fingerprint density at radius 1 is 1.45 bits per heavy atom. The smallest absolute Gasteiger partial charge is 0.266 e. The second-order valence-corrected chi connectivity index (χ2v) is 6.93. The molecule has 2 aromatic rings. The van der Waals surface area contributed by atoms with Gasteiger partial charge >= 0.3 is 0 Å². The Morgan fingerprint density at radius 2 is 2.15 bits per heavy atom. The van der Waals surface area contributed by atoms with Crippen molar-refractivity contribution in [3.05, 3.63) is 29.1 Å². The van der Waals surface area contributed by atoms with Crippen LogP contribution >= 0.6 is 23.1 Å². The fraction of sp³-hybridized carbons (Fsp3) is 0.400. The third-order valence-corrected chi connectivity index (χ3v) is 5.37. The molecule has 0 saturated heterocycles. The van der Waals surface area contributed by atoms with Gasteiger partial charge in [-0.05, 0) is 31.4 Å². The summed E-state index contributed by atoms with van der Waals surface area (Å²) >= 11 is 3.28. The molecule has 0 aliphatic rings. The van der Waals surface area contributed by atoms with E-state index in [9.17, 15) is 4.79 Å². The number of amides is 1. The monoisotopic (exact) mass is 308 g/mol. The minimum atomic E-state index is 0.0253. The first kappa shape index (κ1) is 15.2. The molecule has 0 saturated carbocycles. The van der Waals surface area contributed by atoms with E-state index in [0.29, 0.717) is 10.6 Å². The quantitative estimate of drug-likeness (QED) is 0.916. The van der Waals surface area contributed by atoms with Crippen LogP contribution < -0.4 is 5.73 Å². The topological polar surface area (TPSA) is 46.3 Å². The van der Waals surface area contributed by atoms with Crippen molar-refractivity contribution in [2.75, 3.05) is 24.8 Å². The average molecular weight is 308 g/mol. The molecule has 2 N–H and O–H groups in total. The maximum absolute atomic E-state index is 12.6. The van der Waals surface area contributed by atoms with Crippen molar-refractivity contribution in [1.82, 2.24) is 4.90 Å². The van der Waals surface area contributed by atoms with Gasteiger partial charge in [0.1, 0.15) is 4.88 Å². The Kier molecular flexibility index (Phi) is 4.94. The molecule has 3 nitrogen and oxygen atoms in total. The molecule has 0 radical (unpaired) electrons. The summed E-state index contributed by atoms with van der Waals surface area (Å²) in [4.78, 5) is 15.0. The van der Waals surface area contributed by atoms with Crippen LogP contribution in [0, 0.1) is 0 Å². The van der Waals surface area contributed by atoms with Crippen LogP contribution in [0.1, 0.15) is 23.0 Å². The molecule has 1 amide bonds. The van der Waals surface area contributed by atoms with Crippen molar-refractivity contribution >= 4 is 44.8 Å². The van der Waals surface area contributed by atoms with Crippen molar-refractivity contribution in [2.45, 2.75) is 19.4 Å². The maximum atomic E-state index is 12.6. The molecule has 1 heterocycles. The van der Waals surface area contributed by atoms with Gasteiger partial charge in [0.15, 0.2) is 0 Å². The summed E-state index contributed by atoms with van der Waals surface area (Å²) in [6.07, 6.45) is 3.08. The van der Waals surface area contributed by atoms with Crippen LogP contribution in [0.15, 0.2) is 24.3 Å². The second kappa shape index (κ2) is 6.50. The maximum Gasteiger partial charge on any atom is 0.266 e. The molecule has 0 aliphatic carbocycles. The van der Waals surface area contributed by atoms with E-state index < -0.39 is 0 Å². The predicted octanol–water partition coefficient (Wildman–Crippen LogP) is 3.70. The van der Waals surface area contributed by atoms with Crippen molar-refractivity contribution in [3.8, 4) is 0 Å². The molecular formula is C15H20N2OS2. The molecule has 0 spiro atoms. The van der Waals surface area contributed by atoms with Gasteiger partial charge in [-0.3, -0.25) is 4.79 Å². The number of rotatable bonds is 5. The highest BCUT2D eigenvalue weighted by Gasteiger charge is 2.22. The van der Waals surface area contributed by atoms with Crippen LogP contribution in [0.3, 0.4) is 0 Å². The third kappa shape index (κ3) is 2.94. The van der Waals surface area contributed by atoms with E-state index in [2.05, 4.69) is 13.2 Å². The van der Waals surface area contributed by atoms with Crippen molar-refractivity contribution in [2.24, 2.45) is 0 Å². The number of nitrogens with two attached hydrogens (primary N) is 1. The number of fused-ring (bicyclic) bond motifs is 1. The molecule has 0 bridgehead atoms. The van der Waals surface area contributed by atoms with Crippen molar-refractivity contribution in [3.63, 3.8) is 0 Å². The molecule has 0 fully saturated rings. The van der Waals surface area contributed by atoms with Gasteiger partial charge in [0.05, 0.1) is 5.69 Å². The lowest BCUT2D eigenvalue weighted by Crippen LogP contribution is -2.35. The Bertz CT molecular complexity index is 609.